The summed E-state index contributed by atoms with van der Waals surface area (Å²) in [7, 11) is 3.55. The Balaban J connectivity index is 1.26. The number of carbonyl (C=O) groups is 1. The summed E-state index contributed by atoms with van der Waals surface area (Å²) in [5.41, 5.74) is 8.56. The lowest BCUT2D eigenvalue weighted by Gasteiger charge is -2.22. The summed E-state index contributed by atoms with van der Waals surface area (Å²) in [6.07, 6.45) is 5.27. The molecule has 3 heterocycles. The van der Waals surface area contributed by atoms with Crippen molar-refractivity contribution in [2.75, 3.05) is 13.7 Å². The smallest absolute Gasteiger partial charge is 0.252 e. The van der Waals surface area contributed by atoms with E-state index in [9.17, 15) is 4.79 Å². The summed E-state index contributed by atoms with van der Waals surface area (Å²) in [5.74, 6) is -0.0861. The number of amides is 1. The molecule has 1 amide bonds. The van der Waals surface area contributed by atoms with Gasteiger partial charge in [-0.25, -0.2) is 9.97 Å². The fourth-order valence-electron chi connectivity index (χ4n) is 5.17. The highest BCUT2D eigenvalue weighted by Gasteiger charge is 2.47. The van der Waals surface area contributed by atoms with E-state index >= 15 is 0 Å². The molecule has 0 radical (unpaired) electrons. The summed E-state index contributed by atoms with van der Waals surface area (Å²) in [6.45, 7) is 2.78. The first-order valence-electron chi connectivity index (χ1n) is 13.3. The van der Waals surface area contributed by atoms with Crippen LogP contribution >= 0.6 is 11.3 Å². The van der Waals surface area contributed by atoms with Crippen LogP contribution in [-0.4, -0.2) is 39.4 Å². The standard InChI is InChI=1S/C31H31N5O3S/c1-20-12-21(29(17-38-3)39-16-23-18-40-19-32-23)8-9-24(20)30(37)35-31(10-11-31)26-13-28(22-14-33-36(2)15-22)34-27-7-5-4-6-25(26)27/h4-9,12-15,18-19,29H,10-11,16-17H2,1-3H3,(H,35,37)/t29-/m1/s1. The zero-order valence-electron chi connectivity index (χ0n) is 22.8. The van der Waals surface area contributed by atoms with Crippen LogP contribution < -0.4 is 5.32 Å². The van der Waals surface area contributed by atoms with Crippen LogP contribution in [0.3, 0.4) is 0 Å². The third kappa shape index (κ3) is 5.28. The second kappa shape index (κ2) is 10.9. The van der Waals surface area contributed by atoms with Crippen LogP contribution in [0.4, 0.5) is 0 Å². The van der Waals surface area contributed by atoms with Crippen molar-refractivity contribution in [3.63, 3.8) is 0 Å². The van der Waals surface area contributed by atoms with Gasteiger partial charge in [-0.1, -0.05) is 30.3 Å². The number of para-hydroxylation sites is 1. The van der Waals surface area contributed by atoms with Crippen molar-refractivity contribution in [2.24, 2.45) is 7.05 Å². The zero-order chi connectivity index (χ0) is 27.7. The number of aromatic nitrogens is 4. The molecule has 40 heavy (non-hydrogen) atoms. The number of fused-ring (bicyclic) bond motifs is 1. The van der Waals surface area contributed by atoms with Gasteiger partial charge in [0.25, 0.3) is 5.91 Å². The van der Waals surface area contributed by atoms with Crippen molar-refractivity contribution in [1.29, 1.82) is 0 Å². The third-order valence-corrected chi connectivity index (χ3v) is 8.07. The molecular weight excluding hydrogens is 522 g/mol. The molecule has 0 bridgehead atoms. The van der Waals surface area contributed by atoms with Gasteiger partial charge in [0.15, 0.2) is 0 Å². The van der Waals surface area contributed by atoms with Gasteiger partial charge in [0.05, 0.1) is 47.4 Å². The number of ether oxygens (including phenoxy) is 2. The fraction of sp³-hybridized carbons (Fsp3) is 0.290. The first-order valence-corrected chi connectivity index (χ1v) is 14.2. The molecular formula is C31H31N5O3S. The maximum Gasteiger partial charge on any atom is 0.252 e. The minimum Gasteiger partial charge on any atom is -0.382 e. The number of hydrogen-bond donors (Lipinski definition) is 1. The van der Waals surface area contributed by atoms with Gasteiger partial charge in [-0.3, -0.25) is 9.48 Å². The topological polar surface area (TPSA) is 91.2 Å². The Morgan fingerprint density at radius 3 is 2.75 bits per heavy atom. The van der Waals surface area contributed by atoms with Crippen LogP contribution in [0.2, 0.25) is 0 Å². The lowest BCUT2D eigenvalue weighted by Crippen LogP contribution is -2.35. The van der Waals surface area contributed by atoms with Gasteiger partial charge in [-0.05, 0) is 54.7 Å². The van der Waals surface area contributed by atoms with E-state index in [0.717, 1.165) is 57.4 Å². The number of methoxy groups -OCH3 is 1. The SMILES string of the molecule is COC[C@@H](OCc1cscn1)c1ccc(C(=O)NC2(c3cc(-c4cnn(C)c4)nc4ccccc34)CC2)c(C)c1. The van der Waals surface area contributed by atoms with Crippen LogP contribution in [0.5, 0.6) is 0 Å². The average molecular weight is 554 g/mol. The molecule has 1 saturated carbocycles. The van der Waals surface area contributed by atoms with Crippen LogP contribution in [0.25, 0.3) is 22.2 Å². The Morgan fingerprint density at radius 2 is 2.05 bits per heavy atom. The summed E-state index contributed by atoms with van der Waals surface area (Å²) >= 11 is 1.54. The molecule has 1 aliphatic rings. The summed E-state index contributed by atoms with van der Waals surface area (Å²) in [6, 6.07) is 16.1. The number of carbonyl (C=O) groups excluding carboxylic acids is 1. The molecule has 8 nitrogen and oxygen atoms in total. The maximum absolute atomic E-state index is 13.7. The van der Waals surface area contributed by atoms with Crippen LogP contribution in [0.1, 0.15) is 51.7 Å². The van der Waals surface area contributed by atoms with Crippen molar-refractivity contribution in [3.8, 4) is 11.3 Å². The molecule has 1 atom stereocenters. The summed E-state index contributed by atoms with van der Waals surface area (Å²) < 4.78 is 13.3. The first-order chi connectivity index (χ1) is 19.5. The Labute approximate surface area is 237 Å². The Bertz CT molecular complexity index is 1660. The molecule has 1 fully saturated rings. The normalized spacial score (nSPS) is 14.8. The van der Waals surface area contributed by atoms with Crippen molar-refractivity contribution in [3.05, 3.63) is 99.8 Å². The Morgan fingerprint density at radius 1 is 1.20 bits per heavy atom. The van der Waals surface area contributed by atoms with Crippen LogP contribution in [-0.2, 0) is 28.7 Å². The molecule has 2 aromatic carbocycles. The Hall–Kier alpha value is -3.92. The van der Waals surface area contributed by atoms with E-state index in [1.54, 1.807) is 28.6 Å². The second-order valence-corrected chi connectivity index (χ2v) is 11.0. The fourth-order valence-corrected chi connectivity index (χ4v) is 5.72. The number of pyridine rings is 1. The number of benzene rings is 2. The molecule has 204 valence electrons. The van der Waals surface area contributed by atoms with Gasteiger partial charge < -0.3 is 14.8 Å². The minimum absolute atomic E-state index is 0.0861. The van der Waals surface area contributed by atoms with Crippen LogP contribution in [0.15, 0.2) is 71.8 Å². The number of rotatable bonds is 10. The van der Waals surface area contributed by atoms with Crippen molar-refractivity contribution in [2.45, 2.75) is 38.0 Å². The molecule has 0 unspecified atom stereocenters. The zero-order valence-corrected chi connectivity index (χ0v) is 23.6. The number of aryl methyl sites for hydroxylation is 2. The van der Waals surface area contributed by atoms with E-state index in [1.165, 1.54) is 0 Å². The lowest BCUT2D eigenvalue weighted by molar-refractivity contribution is -0.0139. The van der Waals surface area contributed by atoms with Crippen molar-refractivity contribution >= 4 is 28.1 Å². The van der Waals surface area contributed by atoms with Crippen LogP contribution in [0, 0.1) is 6.92 Å². The Kier molecular flexibility index (Phi) is 7.18. The molecule has 6 rings (SSSR count). The third-order valence-electron chi connectivity index (χ3n) is 7.44. The maximum atomic E-state index is 13.7. The van der Waals surface area contributed by atoms with E-state index in [1.807, 2.05) is 68.1 Å². The molecule has 0 saturated heterocycles. The molecule has 9 heteroatoms. The van der Waals surface area contributed by atoms with E-state index in [2.05, 4.69) is 27.5 Å². The molecule has 0 spiro atoms. The van der Waals surface area contributed by atoms with Gasteiger partial charge in [0.2, 0.25) is 0 Å². The van der Waals surface area contributed by atoms with E-state index in [-0.39, 0.29) is 12.0 Å². The largest absolute Gasteiger partial charge is 0.382 e. The van der Waals surface area contributed by atoms with Gasteiger partial charge in [0, 0.05) is 42.2 Å². The van der Waals surface area contributed by atoms with E-state index < -0.39 is 5.54 Å². The highest BCUT2D eigenvalue weighted by atomic mass is 32.1. The van der Waals surface area contributed by atoms with Gasteiger partial charge in [-0.15, -0.1) is 11.3 Å². The molecule has 1 N–H and O–H groups in total. The minimum atomic E-state index is -0.434. The quantitative estimate of drug-likeness (QED) is 0.238. The molecule has 1 aliphatic carbocycles. The van der Waals surface area contributed by atoms with Gasteiger partial charge in [-0.2, -0.15) is 5.10 Å². The predicted octanol–water partition coefficient (Wildman–Crippen LogP) is 5.72. The number of hydrogen-bond acceptors (Lipinski definition) is 7. The predicted molar refractivity (Wildman–Crippen MR) is 155 cm³/mol. The first kappa shape index (κ1) is 26.3. The summed E-state index contributed by atoms with van der Waals surface area (Å²) in [4.78, 5) is 22.9. The van der Waals surface area contributed by atoms with Gasteiger partial charge >= 0.3 is 0 Å². The van der Waals surface area contributed by atoms with Gasteiger partial charge in [0.1, 0.15) is 6.10 Å². The van der Waals surface area contributed by atoms with Crippen molar-refractivity contribution in [1.82, 2.24) is 25.1 Å². The second-order valence-electron chi connectivity index (χ2n) is 10.3. The molecule has 5 aromatic rings. The van der Waals surface area contributed by atoms with E-state index in [0.29, 0.717) is 18.8 Å². The monoisotopic (exact) mass is 553 g/mol. The van der Waals surface area contributed by atoms with Crippen molar-refractivity contribution < 1.29 is 14.3 Å². The average Bonchev–Trinajstić information content (AvgIpc) is 3.31. The molecule has 3 aromatic heterocycles. The summed E-state index contributed by atoms with van der Waals surface area (Å²) in [5, 5.41) is 10.7. The number of thiazole rings is 1. The number of nitrogens with zero attached hydrogens (tertiary/aromatic N) is 4. The molecule has 0 aliphatic heterocycles. The highest BCUT2D eigenvalue weighted by molar-refractivity contribution is 7.07. The number of nitrogens with one attached hydrogen (secondary N) is 1. The lowest BCUT2D eigenvalue weighted by atomic mass is 9.96. The van der Waals surface area contributed by atoms with E-state index in [4.69, 9.17) is 14.5 Å². The highest BCUT2D eigenvalue weighted by Crippen LogP contribution is 2.49.